The van der Waals surface area contributed by atoms with Gasteiger partial charge in [0.1, 0.15) is 5.75 Å². The minimum absolute atomic E-state index is 0.141. The minimum Gasteiger partial charge on any atom is -0.496 e. The number of piperidine rings is 1. The highest BCUT2D eigenvalue weighted by molar-refractivity contribution is 7.89. The van der Waals surface area contributed by atoms with Gasteiger partial charge in [0.15, 0.2) is 0 Å². The molecule has 1 N–H and O–H groups in total. The van der Waals surface area contributed by atoms with Crippen LogP contribution in [-0.4, -0.2) is 45.4 Å². The van der Waals surface area contributed by atoms with E-state index in [1.807, 2.05) is 13.0 Å². The summed E-state index contributed by atoms with van der Waals surface area (Å²) >= 11 is 0. The zero-order valence-corrected chi connectivity index (χ0v) is 17.0. The van der Waals surface area contributed by atoms with Crippen molar-refractivity contribution >= 4 is 15.9 Å². The van der Waals surface area contributed by atoms with Gasteiger partial charge in [0, 0.05) is 25.2 Å². The number of hydrogen-bond acceptors (Lipinski definition) is 4. The molecule has 2 aromatic rings. The van der Waals surface area contributed by atoms with Gasteiger partial charge < -0.3 is 10.1 Å². The largest absolute Gasteiger partial charge is 0.496 e. The molecular weight excluding hydrogens is 376 g/mol. The Kier molecular flexibility index (Phi) is 6.36. The van der Waals surface area contributed by atoms with Crippen LogP contribution in [0, 0.1) is 12.8 Å². The molecule has 0 aliphatic carbocycles. The average molecular weight is 403 g/mol. The number of aryl methyl sites for hydroxylation is 1. The number of carbonyl (C=O) groups excluding carboxylic acids is 1. The first-order valence-electron chi connectivity index (χ1n) is 9.40. The fourth-order valence-electron chi connectivity index (χ4n) is 3.40. The van der Waals surface area contributed by atoms with E-state index in [-0.39, 0.29) is 11.8 Å². The second-order valence-corrected chi connectivity index (χ2v) is 8.99. The van der Waals surface area contributed by atoms with Gasteiger partial charge in [-0.1, -0.05) is 24.3 Å². The molecule has 1 aliphatic heterocycles. The van der Waals surface area contributed by atoms with E-state index >= 15 is 0 Å². The molecule has 1 amide bonds. The Morgan fingerprint density at radius 2 is 1.82 bits per heavy atom. The van der Waals surface area contributed by atoms with Crippen LogP contribution in [0.5, 0.6) is 5.75 Å². The third-order valence-electron chi connectivity index (χ3n) is 5.18. The van der Waals surface area contributed by atoms with Crippen LogP contribution in [0.1, 0.15) is 28.8 Å². The maximum absolute atomic E-state index is 12.7. The normalized spacial score (nSPS) is 15.9. The predicted molar refractivity (Wildman–Crippen MR) is 108 cm³/mol. The maximum atomic E-state index is 12.7. The van der Waals surface area contributed by atoms with E-state index < -0.39 is 10.0 Å². The van der Waals surface area contributed by atoms with Gasteiger partial charge in [-0.05, 0) is 55.5 Å². The fraction of sp³-hybridized carbons (Fsp3) is 0.381. The molecule has 6 nitrogen and oxygen atoms in total. The summed E-state index contributed by atoms with van der Waals surface area (Å²) in [4.78, 5) is 12.7. The molecule has 1 saturated heterocycles. The number of amides is 1. The molecule has 3 rings (SSSR count). The van der Waals surface area contributed by atoms with Crippen LogP contribution in [0.4, 0.5) is 0 Å². The highest BCUT2D eigenvalue weighted by Crippen LogP contribution is 2.24. The van der Waals surface area contributed by atoms with Gasteiger partial charge in [-0.15, -0.1) is 0 Å². The van der Waals surface area contributed by atoms with Gasteiger partial charge in [-0.25, -0.2) is 8.42 Å². The summed E-state index contributed by atoms with van der Waals surface area (Å²) < 4.78 is 32.2. The number of nitrogens with one attached hydrogen (secondary N) is 1. The van der Waals surface area contributed by atoms with Gasteiger partial charge in [0.2, 0.25) is 10.0 Å². The summed E-state index contributed by atoms with van der Waals surface area (Å²) in [5.41, 5.74) is 1.54. The third-order valence-corrected chi connectivity index (χ3v) is 7.09. The van der Waals surface area contributed by atoms with E-state index in [0.717, 1.165) is 18.4 Å². The molecule has 0 bridgehead atoms. The molecule has 0 aromatic heterocycles. The molecule has 0 saturated carbocycles. The van der Waals surface area contributed by atoms with Crippen LogP contribution in [0.15, 0.2) is 53.4 Å². The zero-order chi connectivity index (χ0) is 20.1. The van der Waals surface area contributed by atoms with E-state index in [2.05, 4.69) is 5.32 Å². The van der Waals surface area contributed by atoms with Gasteiger partial charge >= 0.3 is 0 Å². The van der Waals surface area contributed by atoms with Crippen molar-refractivity contribution in [1.82, 2.24) is 9.62 Å². The number of benzene rings is 2. The second kappa shape index (κ2) is 8.75. The monoisotopic (exact) mass is 402 g/mol. The number of carbonyl (C=O) groups is 1. The van der Waals surface area contributed by atoms with Crippen molar-refractivity contribution in [3.63, 3.8) is 0 Å². The van der Waals surface area contributed by atoms with Gasteiger partial charge in [0.05, 0.1) is 12.0 Å². The molecule has 1 fully saturated rings. The van der Waals surface area contributed by atoms with Crippen LogP contribution in [0.25, 0.3) is 0 Å². The van der Waals surface area contributed by atoms with Crippen molar-refractivity contribution < 1.29 is 17.9 Å². The summed E-state index contributed by atoms with van der Waals surface area (Å²) in [5.74, 6) is 0.809. The van der Waals surface area contributed by atoms with Crippen molar-refractivity contribution in [3.8, 4) is 5.75 Å². The molecule has 0 unspecified atom stereocenters. The first-order valence-corrected chi connectivity index (χ1v) is 10.8. The van der Waals surface area contributed by atoms with Crippen LogP contribution in [0.3, 0.4) is 0 Å². The standard InChI is InChI=1S/C21H26N2O4S/c1-16-8-9-18(14-20(16)27-2)21(24)22-15-17-10-12-23(13-11-17)28(25,26)19-6-4-3-5-7-19/h3-9,14,17H,10-13,15H2,1-2H3,(H,22,24). The van der Waals surface area contributed by atoms with Gasteiger partial charge in [-0.3, -0.25) is 4.79 Å². The molecular formula is C21H26N2O4S. The molecule has 150 valence electrons. The lowest BCUT2D eigenvalue weighted by Gasteiger charge is -2.31. The Morgan fingerprint density at radius 3 is 2.46 bits per heavy atom. The minimum atomic E-state index is -3.44. The van der Waals surface area contributed by atoms with E-state index in [1.54, 1.807) is 49.6 Å². The number of ether oxygens (including phenoxy) is 1. The van der Waals surface area contributed by atoms with Crippen molar-refractivity contribution in [2.45, 2.75) is 24.7 Å². The molecule has 1 heterocycles. The smallest absolute Gasteiger partial charge is 0.251 e. The van der Waals surface area contributed by atoms with E-state index in [0.29, 0.717) is 35.8 Å². The number of hydrogen-bond donors (Lipinski definition) is 1. The molecule has 0 atom stereocenters. The van der Waals surface area contributed by atoms with Crippen LogP contribution in [-0.2, 0) is 10.0 Å². The van der Waals surface area contributed by atoms with Crippen molar-refractivity contribution in [1.29, 1.82) is 0 Å². The molecule has 28 heavy (non-hydrogen) atoms. The second-order valence-electron chi connectivity index (χ2n) is 7.05. The van der Waals surface area contributed by atoms with E-state index in [4.69, 9.17) is 4.74 Å². The predicted octanol–water partition coefficient (Wildman–Crippen LogP) is 2.83. The van der Waals surface area contributed by atoms with Gasteiger partial charge in [0.25, 0.3) is 5.91 Å². The maximum Gasteiger partial charge on any atom is 0.251 e. The number of nitrogens with zero attached hydrogens (tertiary/aromatic N) is 1. The van der Waals surface area contributed by atoms with E-state index in [9.17, 15) is 13.2 Å². The molecule has 1 aliphatic rings. The number of rotatable bonds is 6. The van der Waals surface area contributed by atoms with Gasteiger partial charge in [-0.2, -0.15) is 4.31 Å². The summed E-state index contributed by atoms with van der Waals surface area (Å²) in [5, 5.41) is 2.96. The fourth-order valence-corrected chi connectivity index (χ4v) is 4.89. The SMILES string of the molecule is COc1cc(C(=O)NCC2CCN(S(=O)(=O)c3ccccc3)CC2)ccc1C. The highest BCUT2D eigenvalue weighted by Gasteiger charge is 2.29. The first-order chi connectivity index (χ1) is 13.4. The lowest BCUT2D eigenvalue weighted by Crippen LogP contribution is -2.41. The topological polar surface area (TPSA) is 75.7 Å². The summed E-state index contributed by atoms with van der Waals surface area (Å²) in [6, 6.07) is 13.9. The molecule has 0 radical (unpaired) electrons. The molecule has 7 heteroatoms. The Hall–Kier alpha value is -2.38. The zero-order valence-electron chi connectivity index (χ0n) is 16.2. The van der Waals surface area contributed by atoms with Crippen LogP contribution >= 0.6 is 0 Å². The lowest BCUT2D eigenvalue weighted by atomic mass is 9.98. The summed E-state index contributed by atoms with van der Waals surface area (Å²) in [6.07, 6.45) is 1.45. The van der Waals surface area contributed by atoms with Crippen LogP contribution < -0.4 is 10.1 Å². The van der Waals surface area contributed by atoms with E-state index in [1.165, 1.54) is 4.31 Å². The highest BCUT2D eigenvalue weighted by atomic mass is 32.2. The van der Waals surface area contributed by atoms with Crippen molar-refractivity contribution in [2.75, 3.05) is 26.7 Å². The lowest BCUT2D eigenvalue weighted by molar-refractivity contribution is 0.0941. The van der Waals surface area contributed by atoms with Crippen molar-refractivity contribution in [2.24, 2.45) is 5.92 Å². The van der Waals surface area contributed by atoms with Crippen LogP contribution in [0.2, 0.25) is 0 Å². The molecule has 0 spiro atoms. The Balaban J connectivity index is 1.53. The Morgan fingerprint density at radius 1 is 1.14 bits per heavy atom. The summed E-state index contributed by atoms with van der Waals surface area (Å²) in [6.45, 7) is 3.40. The van der Waals surface area contributed by atoms with Crippen molar-refractivity contribution in [3.05, 3.63) is 59.7 Å². The summed E-state index contributed by atoms with van der Waals surface area (Å²) in [7, 11) is -1.85. The third kappa shape index (κ3) is 4.54. The quantitative estimate of drug-likeness (QED) is 0.806. The average Bonchev–Trinajstić information content (AvgIpc) is 2.73. The Bertz CT molecular complexity index is 921. The first kappa shape index (κ1) is 20.4. The molecule has 2 aromatic carbocycles. The number of methoxy groups -OCH3 is 1. The number of sulfonamides is 1. The Labute approximate surface area is 166 Å².